The summed E-state index contributed by atoms with van der Waals surface area (Å²) in [7, 11) is 4.86. The van der Waals surface area contributed by atoms with E-state index in [9.17, 15) is 0 Å². The molecule has 18 heavy (non-hydrogen) atoms. The second kappa shape index (κ2) is 42.7. The van der Waals surface area contributed by atoms with Gasteiger partial charge in [0.15, 0.2) is 0 Å². The molecule has 0 aromatic carbocycles. The van der Waals surface area contributed by atoms with E-state index < -0.39 is 0 Å². The van der Waals surface area contributed by atoms with Gasteiger partial charge in [0.2, 0.25) is 0 Å². The van der Waals surface area contributed by atoms with Crippen LogP contribution in [0.3, 0.4) is 0 Å². The third kappa shape index (κ3) is 998. The Morgan fingerprint density at radius 3 is 0.722 bits per heavy atom. The summed E-state index contributed by atoms with van der Waals surface area (Å²) in [6, 6.07) is 0. The number of ether oxygens (including phenoxy) is 1. The van der Waals surface area contributed by atoms with Crippen molar-refractivity contribution in [3.05, 3.63) is 14.5 Å². The smallest absolute Gasteiger partial charge is 0.00107 e. The molecule has 0 N–H and O–H groups in total. The molecular weight excluding hydrogens is 436 g/mol. The van der Waals surface area contributed by atoms with Gasteiger partial charge in [-0.2, -0.15) is 0 Å². The van der Waals surface area contributed by atoms with E-state index in [0.717, 1.165) is 0 Å². The largest absolute Gasteiger partial charge is 0.557 e. The molecule has 0 unspecified atom stereocenters. The van der Waals surface area contributed by atoms with Crippen molar-refractivity contribution in [3.63, 3.8) is 0 Å². The molecule has 6 heteroatoms. The quantitative estimate of drug-likeness (QED) is 0.273. The molecule has 120 valence electrons. The van der Waals surface area contributed by atoms with Gasteiger partial charge in [0.05, 0.1) is 0 Å². The first-order valence-corrected chi connectivity index (χ1v) is 18.1. The number of halogens is 1. The maximum atomic E-state index is 4.00. The summed E-state index contributed by atoms with van der Waals surface area (Å²) in [5, 5.41) is 0. The van der Waals surface area contributed by atoms with Crippen LogP contribution in [-0.4, -0.2) is 67.1 Å². The van der Waals surface area contributed by atoms with Crippen LogP contribution < -0.4 is 0 Å². The number of rotatable bonds is 0. The zero-order valence-corrected chi connectivity index (χ0v) is 20.6. The maximum absolute atomic E-state index is 4.00. The summed E-state index contributed by atoms with van der Waals surface area (Å²) in [6.07, 6.45) is 0. The van der Waals surface area contributed by atoms with Gasteiger partial charge in [-0.15, -0.1) is 0 Å². The molecule has 1 nitrogen and oxygen atoms in total. The van der Waals surface area contributed by atoms with E-state index in [0.29, 0.717) is 0 Å². The Morgan fingerprint density at radius 1 is 0.722 bits per heavy atom. The van der Waals surface area contributed by atoms with Gasteiger partial charge >= 0.3 is 30.0 Å². The van der Waals surface area contributed by atoms with E-state index in [4.69, 9.17) is 0 Å². The van der Waals surface area contributed by atoms with E-state index in [2.05, 4.69) is 102 Å². The van der Waals surface area contributed by atoms with Crippen LogP contribution >= 0.6 is 37.4 Å². The van der Waals surface area contributed by atoms with Crippen LogP contribution in [0.25, 0.3) is 0 Å². The Hall–Kier alpha value is 2.35. The van der Waals surface area contributed by atoms with Crippen LogP contribution in [-0.2, 0) is 21.1 Å². The van der Waals surface area contributed by atoms with Gasteiger partial charge in [-0.3, -0.25) is 0 Å². The monoisotopic (exact) mass is 473 g/mol. The number of hydrogen-bond acceptors (Lipinski definition) is 1. The summed E-state index contributed by atoms with van der Waals surface area (Å²) in [6.45, 7) is 20.4. The van der Waals surface area contributed by atoms with Gasteiger partial charge < -0.3 is 12.2 Å². The van der Waals surface area contributed by atoms with Crippen molar-refractivity contribution >= 4 is 37.4 Å². The Morgan fingerprint density at radius 2 is 0.722 bits per heavy atom. The Balaban J connectivity index is -0.0000000252. The van der Waals surface area contributed by atoms with Crippen molar-refractivity contribution in [1.82, 2.24) is 0 Å². The van der Waals surface area contributed by atoms with Gasteiger partial charge in [-0.1, -0.05) is 0 Å². The van der Waals surface area contributed by atoms with E-state index >= 15 is 0 Å². The van der Waals surface area contributed by atoms with Crippen LogP contribution in [0.5, 0.6) is 0 Å². The molecule has 0 bridgehead atoms. The minimum Gasteiger partial charge on any atom is -0.557 e. The first kappa shape index (κ1) is 37.0. The van der Waals surface area contributed by atoms with Gasteiger partial charge in [0, 0.05) is 60.0 Å². The normalized spacial score (nSPS) is 7.33. The van der Waals surface area contributed by atoms with E-state index in [1.807, 2.05) is 0 Å². The Bertz CT molecular complexity index is 65.2. The molecule has 0 saturated carbocycles. The predicted octanol–water partition coefficient (Wildman–Crippen LogP) is 4.99. The molecule has 0 aromatic rings. The first-order chi connectivity index (χ1) is 7.61. The van der Waals surface area contributed by atoms with Crippen molar-refractivity contribution in [3.8, 4) is 0 Å². The fraction of sp³-hybridized carbons (Fsp3) is 0.833. The van der Waals surface area contributed by atoms with Crippen molar-refractivity contribution in [2.75, 3.05) is 67.1 Å². The van der Waals surface area contributed by atoms with Crippen molar-refractivity contribution < 1.29 is 21.1 Å². The summed E-state index contributed by atoms with van der Waals surface area (Å²) in [5.74, 6) is 0. The third-order valence-corrected chi connectivity index (χ3v) is 0. The average Bonchev–Trinajstić information content (AvgIpc) is 2.04. The number of hydrogen-bond donors (Lipinski definition) is 0. The molecule has 0 aliphatic heterocycles. The second-order valence-electron chi connectivity index (χ2n) is 4.79. The molecule has 0 rings (SSSR count). The van der Waals surface area contributed by atoms with Crippen LogP contribution in [0.15, 0.2) is 0 Å². The fourth-order valence-electron chi connectivity index (χ4n) is 0. The average molecular weight is 474 g/mol. The summed E-state index contributed by atoms with van der Waals surface area (Å²) in [5.41, 5.74) is 0. The van der Waals surface area contributed by atoms with Gasteiger partial charge in [-0.25, -0.2) is 7.11 Å². The molecule has 0 atom stereocenters. The first-order valence-electron chi connectivity index (χ1n) is 5.32. The Kier molecular flexibility index (Phi) is 87.8. The van der Waals surface area contributed by atoms with Gasteiger partial charge in [-0.05, 0) is 30.9 Å². The van der Waals surface area contributed by atoms with Crippen LogP contribution in [0.2, 0.25) is 0 Å². The molecule has 0 fully saturated rings. The third-order valence-electron chi connectivity index (χ3n) is 0. The molecule has 0 heterocycles. The number of methoxy groups -OCH3 is 1. The van der Waals surface area contributed by atoms with E-state index in [-0.39, 0.29) is 31.2 Å². The molecule has 0 radical (unpaired) electrons. The summed E-state index contributed by atoms with van der Waals surface area (Å²) < 4.78 is 4.00. The van der Waals surface area contributed by atoms with E-state index in [1.54, 1.807) is 0 Å². The molecule has 0 aromatic heterocycles. The molecular formula is C12H38BrOP3Rh+3. The second-order valence-corrected chi connectivity index (χ2v) is 13.8. The van der Waals surface area contributed by atoms with Gasteiger partial charge in [0.1, 0.15) is 0 Å². The molecule has 0 aliphatic carbocycles. The minimum atomic E-state index is 0. The zero-order valence-electron chi connectivity index (χ0n) is 14.3. The van der Waals surface area contributed by atoms with Crippen molar-refractivity contribution in [2.24, 2.45) is 0 Å². The van der Waals surface area contributed by atoms with Crippen LogP contribution in [0.4, 0.5) is 0 Å². The molecule has 0 saturated heterocycles. The SMILES string of the molecule is C[PH+](C)C.C[PH+](C)C.C[PH+](C)C.[Br][Rh+2].[CH2-]OC.[CH3-]. The summed E-state index contributed by atoms with van der Waals surface area (Å²) >= 11 is 5.19. The molecule has 0 aliphatic rings. The minimum absolute atomic E-state index is 0. The Labute approximate surface area is 139 Å². The molecule has 0 spiro atoms. The fourth-order valence-corrected chi connectivity index (χ4v) is 0. The topological polar surface area (TPSA) is 9.23 Å². The van der Waals surface area contributed by atoms with E-state index in [1.165, 1.54) is 7.11 Å². The zero-order chi connectivity index (χ0) is 15.4. The summed E-state index contributed by atoms with van der Waals surface area (Å²) in [4.78, 5) is 0. The van der Waals surface area contributed by atoms with Crippen molar-refractivity contribution in [2.45, 2.75) is 0 Å². The van der Waals surface area contributed by atoms with Crippen LogP contribution in [0.1, 0.15) is 0 Å². The predicted molar refractivity (Wildman–Crippen MR) is 106 cm³/mol. The maximum Gasteiger partial charge on any atom is -0.00107 e. The van der Waals surface area contributed by atoms with Crippen molar-refractivity contribution in [1.29, 1.82) is 0 Å². The molecule has 0 amide bonds. The van der Waals surface area contributed by atoms with Gasteiger partial charge in [0.25, 0.3) is 0 Å². The van der Waals surface area contributed by atoms with Crippen LogP contribution in [0, 0.1) is 14.5 Å². The standard InChI is InChI=1S/3C3H9P.C2H5O.CH3.BrH.Rh/c3*1-4(2)3;1-3-2;;;/h3*1-3H3;1H2,2H3;1H3;1H;/q;;;2*-1;;+3/p+2.